The van der Waals surface area contributed by atoms with Crippen LogP contribution in [0.5, 0.6) is 11.5 Å². The number of carbonyl (C=O) groups excluding carboxylic acids is 1. The summed E-state index contributed by atoms with van der Waals surface area (Å²) >= 11 is 0. The van der Waals surface area contributed by atoms with Gasteiger partial charge in [0.05, 0.1) is 26.2 Å². The molecule has 0 saturated heterocycles. The summed E-state index contributed by atoms with van der Waals surface area (Å²) in [4.78, 5) is 24.1. The smallest absolute Gasteiger partial charge is 0.225 e. The zero-order valence-corrected chi connectivity index (χ0v) is 21.0. The van der Waals surface area contributed by atoms with Crippen LogP contribution in [0.25, 0.3) is 10.9 Å². The van der Waals surface area contributed by atoms with E-state index >= 15 is 0 Å². The van der Waals surface area contributed by atoms with Crippen molar-refractivity contribution in [1.29, 1.82) is 0 Å². The second-order valence-corrected chi connectivity index (χ2v) is 9.30. The summed E-state index contributed by atoms with van der Waals surface area (Å²) in [7, 11) is 7.23. The summed E-state index contributed by atoms with van der Waals surface area (Å²) in [6.07, 6.45) is 4.42. The molecule has 2 N–H and O–H groups in total. The second-order valence-electron chi connectivity index (χ2n) is 9.30. The molecular weight excluding hydrogens is 442 g/mol. The number of nitrogens with zero attached hydrogens (tertiary/aromatic N) is 3. The van der Waals surface area contributed by atoms with Crippen LogP contribution in [0.1, 0.15) is 31.2 Å². The van der Waals surface area contributed by atoms with E-state index in [1.807, 2.05) is 55.4 Å². The van der Waals surface area contributed by atoms with Crippen LogP contribution < -0.4 is 25.0 Å². The molecule has 35 heavy (non-hydrogen) atoms. The van der Waals surface area contributed by atoms with Gasteiger partial charge in [-0.2, -0.15) is 4.98 Å². The van der Waals surface area contributed by atoms with Gasteiger partial charge in [-0.15, -0.1) is 0 Å². The summed E-state index contributed by atoms with van der Waals surface area (Å²) in [6, 6.07) is 13.9. The summed E-state index contributed by atoms with van der Waals surface area (Å²) in [5.41, 5.74) is 1.77. The number of amides is 1. The molecule has 1 aromatic heterocycles. The van der Waals surface area contributed by atoms with Crippen LogP contribution in [0, 0.1) is 5.92 Å². The van der Waals surface area contributed by atoms with Gasteiger partial charge in [0.2, 0.25) is 11.9 Å². The lowest BCUT2D eigenvalue weighted by Crippen LogP contribution is -2.35. The highest BCUT2D eigenvalue weighted by Crippen LogP contribution is 2.28. The SMILES string of the molecule is COc1ccc(OC)c(CC(=O)NC[C@H]2CC[C@@H](Nc3nc(N(C)C)c4ccccc4n3)CC2)c1. The number of methoxy groups -OCH3 is 2. The third-order valence-corrected chi connectivity index (χ3v) is 6.61. The molecule has 1 heterocycles. The fraction of sp³-hybridized carbons (Fsp3) is 0.444. The number of benzene rings is 2. The van der Waals surface area contributed by atoms with E-state index in [1.165, 1.54) is 0 Å². The monoisotopic (exact) mass is 477 g/mol. The van der Waals surface area contributed by atoms with E-state index in [1.54, 1.807) is 14.2 Å². The molecule has 1 aliphatic rings. The van der Waals surface area contributed by atoms with Gasteiger partial charge in [-0.3, -0.25) is 4.79 Å². The highest BCUT2D eigenvalue weighted by molar-refractivity contribution is 5.90. The maximum absolute atomic E-state index is 12.6. The first kappa shape index (κ1) is 24.6. The van der Waals surface area contributed by atoms with Gasteiger partial charge in [0.1, 0.15) is 17.3 Å². The molecule has 0 aliphatic heterocycles. The molecule has 4 rings (SSSR count). The predicted molar refractivity (Wildman–Crippen MR) is 139 cm³/mol. The molecule has 8 heteroatoms. The largest absolute Gasteiger partial charge is 0.497 e. The first-order valence-electron chi connectivity index (χ1n) is 12.1. The van der Waals surface area contributed by atoms with E-state index in [-0.39, 0.29) is 12.3 Å². The maximum atomic E-state index is 12.6. The lowest BCUT2D eigenvalue weighted by atomic mass is 9.86. The predicted octanol–water partition coefficient (Wildman–Crippen LogP) is 4.04. The van der Waals surface area contributed by atoms with Crippen LogP contribution in [0.3, 0.4) is 0 Å². The van der Waals surface area contributed by atoms with Gasteiger partial charge in [0.15, 0.2) is 0 Å². The topological polar surface area (TPSA) is 88.6 Å². The summed E-state index contributed by atoms with van der Waals surface area (Å²) in [5.74, 6) is 3.48. The molecule has 0 spiro atoms. The molecule has 3 aromatic rings. The van der Waals surface area contributed by atoms with Crippen molar-refractivity contribution in [3.8, 4) is 11.5 Å². The van der Waals surface area contributed by atoms with E-state index in [0.717, 1.165) is 48.0 Å². The molecule has 0 radical (unpaired) electrons. The second kappa shape index (κ2) is 11.3. The number of hydrogen-bond acceptors (Lipinski definition) is 7. The molecular formula is C27H35N5O3. The Labute approximate surface area is 207 Å². The molecule has 1 fully saturated rings. The van der Waals surface area contributed by atoms with Crippen molar-refractivity contribution in [3.05, 3.63) is 48.0 Å². The van der Waals surface area contributed by atoms with E-state index in [9.17, 15) is 4.79 Å². The first-order chi connectivity index (χ1) is 17.0. The van der Waals surface area contributed by atoms with Crippen molar-refractivity contribution in [2.75, 3.05) is 45.1 Å². The normalized spacial score (nSPS) is 17.6. The van der Waals surface area contributed by atoms with E-state index in [0.29, 0.717) is 36.0 Å². The van der Waals surface area contributed by atoms with Gasteiger partial charge in [-0.25, -0.2) is 4.98 Å². The molecule has 1 saturated carbocycles. The van der Waals surface area contributed by atoms with E-state index in [4.69, 9.17) is 19.4 Å². The number of carbonyl (C=O) groups is 1. The van der Waals surface area contributed by atoms with Crippen molar-refractivity contribution in [2.45, 2.75) is 38.1 Å². The molecule has 0 bridgehead atoms. The highest BCUT2D eigenvalue weighted by atomic mass is 16.5. The Balaban J connectivity index is 1.28. The Hall–Kier alpha value is -3.55. The van der Waals surface area contributed by atoms with Crippen molar-refractivity contribution < 1.29 is 14.3 Å². The van der Waals surface area contributed by atoms with Crippen LogP contribution in [0.15, 0.2) is 42.5 Å². The molecule has 2 aromatic carbocycles. The molecule has 186 valence electrons. The summed E-state index contributed by atoms with van der Waals surface area (Å²) in [5, 5.41) is 7.71. The Morgan fingerprint density at radius 1 is 1.03 bits per heavy atom. The Morgan fingerprint density at radius 2 is 1.80 bits per heavy atom. The van der Waals surface area contributed by atoms with E-state index in [2.05, 4.69) is 16.7 Å². The number of para-hydroxylation sites is 1. The number of anilines is 2. The van der Waals surface area contributed by atoms with Gasteiger partial charge in [0, 0.05) is 37.6 Å². The molecule has 1 amide bonds. The third-order valence-electron chi connectivity index (χ3n) is 6.61. The number of aromatic nitrogens is 2. The zero-order valence-electron chi connectivity index (χ0n) is 21.0. The van der Waals surface area contributed by atoms with Gasteiger partial charge < -0.3 is 25.0 Å². The lowest BCUT2D eigenvalue weighted by Gasteiger charge is -2.29. The minimum atomic E-state index is -0.00224. The minimum absolute atomic E-state index is 0.00224. The van der Waals surface area contributed by atoms with E-state index < -0.39 is 0 Å². The number of ether oxygens (including phenoxy) is 2. The van der Waals surface area contributed by atoms with Crippen molar-refractivity contribution in [2.24, 2.45) is 5.92 Å². The Morgan fingerprint density at radius 3 is 2.51 bits per heavy atom. The first-order valence-corrected chi connectivity index (χ1v) is 12.1. The average Bonchev–Trinajstić information content (AvgIpc) is 2.87. The highest BCUT2D eigenvalue weighted by Gasteiger charge is 2.23. The average molecular weight is 478 g/mol. The minimum Gasteiger partial charge on any atom is -0.497 e. The van der Waals surface area contributed by atoms with Gasteiger partial charge in [0.25, 0.3) is 0 Å². The van der Waals surface area contributed by atoms with Crippen molar-refractivity contribution in [3.63, 3.8) is 0 Å². The van der Waals surface area contributed by atoms with Crippen molar-refractivity contribution in [1.82, 2.24) is 15.3 Å². The number of hydrogen-bond donors (Lipinski definition) is 2. The van der Waals surface area contributed by atoms with Crippen LogP contribution in [0.2, 0.25) is 0 Å². The number of nitrogens with one attached hydrogen (secondary N) is 2. The van der Waals surface area contributed by atoms with Crippen LogP contribution in [-0.2, 0) is 11.2 Å². The molecule has 0 unspecified atom stereocenters. The van der Waals surface area contributed by atoms with Gasteiger partial charge >= 0.3 is 0 Å². The fourth-order valence-corrected chi connectivity index (χ4v) is 4.67. The summed E-state index contributed by atoms with van der Waals surface area (Å²) in [6.45, 7) is 0.690. The zero-order chi connectivity index (χ0) is 24.8. The maximum Gasteiger partial charge on any atom is 0.225 e. The lowest BCUT2D eigenvalue weighted by molar-refractivity contribution is -0.120. The number of fused-ring (bicyclic) bond motifs is 1. The fourth-order valence-electron chi connectivity index (χ4n) is 4.67. The molecule has 0 atom stereocenters. The Kier molecular flexibility index (Phi) is 7.90. The quantitative estimate of drug-likeness (QED) is 0.481. The van der Waals surface area contributed by atoms with Crippen LogP contribution in [0.4, 0.5) is 11.8 Å². The standard InChI is InChI=1S/C27H35N5O3/c1-32(2)26-22-7-5-6-8-23(22)30-27(31-26)29-20-11-9-18(10-12-20)17-28-25(33)16-19-15-21(34-3)13-14-24(19)35-4/h5-8,13-15,18,20H,9-12,16-17H2,1-4H3,(H,28,33)(H,29,30,31)/t18-,20+. The molecule has 8 nitrogen and oxygen atoms in total. The van der Waals surface area contributed by atoms with Crippen LogP contribution in [-0.4, -0.2) is 56.8 Å². The van der Waals surface area contributed by atoms with Gasteiger partial charge in [-0.05, 0) is 61.9 Å². The third kappa shape index (κ3) is 6.12. The van der Waals surface area contributed by atoms with Crippen LogP contribution >= 0.6 is 0 Å². The number of rotatable bonds is 9. The van der Waals surface area contributed by atoms with Crippen molar-refractivity contribution >= 4 is 28.6 Å². The summed E-state index contributed by atoms with van der Waals surface area (Å²) < 4.78 is 10.7. The molecule has 1 aliphatic carbocycles. The Bertz CT molecular complexity index is 1160. The van der Waals surface area contributed by atoms with Gasteiger partial charge in [-0.1, -0.05) is 12.1 Å².